The zero-order valence-electron chi connectivity index (χ0n) is 9.33. The van der Waals surface area contributed by atoms with Crippen LogP contribution in [0.4, 0.5) is 0 Å². The molecule has 0 radical (unpaired) electrons. The first-order valence-corrected chi connectivity index (χ1v) is 6.52. The number of hydrogen-bond acceptors (Lipinski definition) is 3. The van der Waals surface area contributed by atoms with Crippen molar-refractivity contribution in [2.24, 2.45) is 11.7 Å². The van der Waals surface area contributed by atoms with Gasteiger partial charge in [-0.2, -0.15) is 0 Å². The van der Waals surface area contributed by atoms with E-state index in [1.54, 1.807) is 0 Å². The van der Waals surface area contributed by atoms with E-state index in [-0.39, 0.29) is 5.91 Å². The van der Waals surface area contributed by atoms with Crippen molar-refractivity contribution in [3.8, 4) is 0 Å². The van der Waals surface area contributed by atoms with E-state index in [0.717, 1.165) is 15.6 Å². The lowest BCUT2D eigenvalue weighted by Crippen LogP contribution is -2.31. The molecule has 1 aromatic rings. The van der Waals surface area contributed by atoms with Crippen molar-refractivity contribution in [3.05, 3.63) is 21.3 Å². The molecule has 5 heteroatoms. The molecular weight excluding hydrogens is 244 g/mol. The van der Waals surface area contributed by atoms with Crippen molar-refractivity contribution in [2.75, 3.05) is 13.1 Å². The first-order valence-electron chi connectivity index (χ1n) is 5.32. The Hall–Kier alpha value is -0.580. The van der Waals surface area contributed by atoms with Crippen molar-refractivity contribution in [3.63, 3.8) is 0 Å². The van der Waals surface area contributed by atoms with E-state index in [9.17, 15) is 4.79 Å². The molecule has 1 atom stereocenters. The molecule has 16 heavy (non-hydrogen) atoms. The molecule has 0 aromatic carbocycles. The normalized spacial score (nSPS) is 12.4. The van der Waals surface area contributed by atoms with Crippen LogP contribution in [0.3, 0.4) is 0 Å². The number of carbonyl (C=O) groups excluding carboxylic acids is 1. The Kier molecular flexibility index (Phi) is 5.80. The molecule has 0 bridgehead atoms. The van der Waals surface area contributed by atoms with E-state index in [1.807, 2.05) is 19.1 Å². The van der Waals surface area contributed by atoms with Gasteiger partial charge in [0, 0.05) is 17.8 Å². The largest absolute Gasteiger partial charge is 0.356 e. The first kappa shape index (κ1) is 13.5. The molecule has 0 aliphatic carbocycles. The fourth-order valence-electron chi connectivity index (χ4n) is 1.18. The van der Waals surface area contributed by atoms with E-state index in [2.05, 4.69) is 5.32 Å². The minimum atomic E-state index is 0.0739. The smallest absolute Gasteiger partial charge is 0.220 e. The molecule has 3 N–H and O–H groups in total. The topological polar surface area (TPSA) is 55.1 Å². The summed E-state index contributed by atoms with van der Waals surface area (Å²) in [5, 5.41) is 2.86. The second-order valence-corrected chi connectivity index (χ2v) is 5.65. The fourth-order valence-corrected chi connectivity index (χ4v) is 2.27. The van der Waals surface area contributed by atoms with E-state index in [1.165, 1.54) is 11.3 Å². The van der Waals surface area contributed by atoms with Gasteiger partial charge in [0.2, 0.25) is 5.91 Å². The van der Waals surface area contributed by atoms with Gasteiger partial charge in [0.15, 0.2) is 0 Å². The molecule has 0 saturated heterocycles. The van der Waals surface area contributed by atoms with Gasteiger partial charge >= 0.3 is 0 Å². The van der Waals surface area contributed by atoms with E-state index in [0.29, 0.717) is 25.4 Å². The quantitative estimate of drug-likeness (QED) is 0.823. The molecule has 0 fully saturated rings. The highest BCUT2D eigenvalue weighted by molar-refractivity contribution is 7.16. The minimum Gasteiger partial charge on any atom is -0.356 e. The summed E-state index contributed by atoms with van der Waals surface area (Å²) in [6.07, 6.45) is 1.26. The number of aryl methyl sites for hydroxylation is 1. The highest BCUT2D eigenvalue weighted by Crippen LogP contribution is 2.22. The molecule has 3 nitrogen and oxygen atoms in total. The number of thiophene rings is 1. The van der Waals surface area contributed by atoms with Crippen LogP contribution in [0.15, 0.2) is 12.1 Å². The van der Waals surface area contributed by atoms with E-state index < -0.39 is 0 Å². The van der Waals surface area contributed by atoms with Gasteiger partial charge in [-0.15, -0.1) is 11.3 Å². The highest BCUT2D eigenvalue weighted by atomic mass is 35.5. The summed E-state index contributed by atoms with van der Waals surface area (Å²) in [7, 11) is 0. The zero-order chi connectivity index (χ0) is 12.0. The molecule has 1 aromatic heterocycles. The SMILES string of the molecule is CC(CN)CNC(=O)CCc1ccc(Cl)s1. The van der Waals surface area contributed by atoms with Gasteiger partial charge in [-0.1, -0.05) is 18.5 Å². The van der Waals surface area contributed by atoms with Gasteiger partial charge in [-0.3, -0.25) is 4.79 Å². The third-order valence-corrected chi connectivity index (χ3v) is 3.57. The summed E-state index contributed by atoms with van der Waals surface area (Å²) in [5.41, 5.74) is 5.46. The Morgan fingerprint density at radius 3 is 2.94 bits per heavy atom. The summed E-state index contributed by atoms with van der Waals surface area (Å²) >= 11 is 7.33. The van der Waals surface area contributed by atoms with Crippen LogP contribution in [0.25, 0.3) is 0 Å². The Balaban J connectivity index is 2.20. The Morgan fingerprint density at radius 2 is 2.38 bits per heavy atom. The van der Waals surface area contributed by atoms with Crippen LogP contribution in [0.5, 0.6) is 0 Å². The van der Waals surface area contributed by atoms with Crippen LogP contribution < -0.4 is 11.1 Å². The third kappa shape index (κ3) is 4.96. The van der Waals surface area contributed by atoms with Crippen LogP contribution in [0.2, 0.25) is 4.34 Å². The van der Waals surface area contributed by atoms with Crippen molar-refractivity contribution < 1.29 is 4.79 Å². The van der Waals surface area contributed by atoms with Crippen LogP contribution in [0.1, 0.15) is 18.2 Å². The average molecular weight is 261 g/mol. The maximum absolute atomic E-state index is 11.5. The Morgan fingerprint density at radius 1 is 1.62 bits per heavy atom. The Labute approximate surface area is 105 Å². The molecule has 1 unspecified atom stereocenters. The molecule has 0 spiro atoms. The maximum atomic E-state index is 11.5. The Bertz CT molecular complexity index is 340. The van der Waals surface area contributed by atoms with Crippen molar-refractivity contribution in [1.82, 2.24) is 5.32 Å². The fraction of sp³-hybridized carbons (Fsp3) is 0.545. The monoisotopic (exact) mass is 260 g/mol. The number of nitrogens with one attached hydrogen (secondary N) is 1. The zero-order valence-corrected chi connectivity index (χ0v) is 10.9. The standard InChI is InChI=1S/C11H17ClN2OS/c1-8(6-13)7-14-11(15)5-3-9-2-4-10(12)16-9/h2,4,8H,3,5-7,13H2,1H3,(H,14,15). The van der Waals surface area contributed by atoms with E-state index >= 15 is 0 Å². The molecule has 0 aliphatic rings. The predicted molar refractivity (Wildman–Crippen MR) is 68.9 cm³/mol. The number of hydrogen-bond donors (Lipinski definition) is 2. The molecule has 0 saturated carbocycles. The maximum Gasteiger partial charge on any atom is 0.220 e. The number of amides is 1. The second kappa shape index (κ2) is 6.89. The van der Waals surface area contributed by atoms with Crippen LogP contribution >= 0.6 is 22.9 Å². The molecule has 1 amide bonds. The van der Waals surface area contributed by atoms with Gasteiger partial charge in [0.05, 0.1) is 4.34 Å². The van der Waals surface area contributed by atoms with Gasteiger partial charge in [0.1, 0.15) is 0 Å². The summed E-state index contributed by atoms with van der Waals surface area (Å²) in [6.45, 7) is 3.26. The number of halogens is 1. The van der Waals surface area contributed by atoms with Gasteiger partial charge in [0.25, 0.3) is 0 Å². The predicted octanol–water partition coefficient (Wildman–Crippen LogP) is 2.05. The summed E-state index contributed by atoms with van der Waals surface area (Å²) in [5.74, 6) is 0.407. The third-order valence-electron chi connectivity index (χ3n) is 2.28. The lowest BCUT2D eigenvalue weighted by molar-refractivity contribution is -0.121. The number of nitrogens with two attached hydrogens (primary N) is 1. The lowest BCUT2D eigenvalue weighted by atomic mass is 10.2. The lowest BCUT2D eigenvalue weighted by Gasteiger charge is -2.09. The molecule has 1 rings (SSSR count). The molecular formula is C11H17ClN2OS. The van der Waals surface area contributed by atoms with E-state index in [4.69, 9.17) is 17.3 Å². The number of carbonyl (C=O) groups is 1. The molecule has 0 aliphatic heterocycles. The first-order chi connectivity index (χ1) is 7.61. The van der Waals surface area contributed by atoms with Crippen molar-refractivity contribution in [1.29, 1.82) is 0 Å². The summed E-state index contributed by atoms with van der Waals surface area (Å²) in [6, 6.07) is 3.82. The van der Waals surface area contributed by atoms with Crippen LogP contribution in [0, 0.1) is 5.92 Å². The van der Waals surface area contributed by atoms with Crippen LogP contribution in [-0.4, -0.2) is 19.0 Å². The highest BCUT2D eigenvalue weighted by Gasteiger charge is 2.05. The summed E-state index contributed by atoms with van der Waals surface area (Å²) < 4.78 is 0.771. The van der Waals surface area contributed by atoms with Crippen molar-refractivity contribution >= 4 is 28.8 Å². The number of rotatable bonds is 6. The van der Waals surface area contributed by atoms with Gasteiger partial charge in [-0.05, 0) is 31.0 Å². The van der Waals surface area contributed by atoms with Gasteiger partial charge in [-0.25, -0.2) is 0 Å². The minimum absolute atomic E-state index is 0.0739. The average Bonchev–Trinajstić information content (AvgIpc) is 2.69. The summed E-state index contributed by atoms with van der Waals surface area (Å²) in [4.78, 5) is 12.6. The molecule has 90 valence electrons. The van der Waals surface area contributed by atoms with Crippen molar-refractivity contribution in [2.45, 2.75) is 19.8 Å². The van der Waals surface area contributed by atoms with Crippen LogP contribution in [-0.2, 0) is 11.2 Å². The second-order valence-electron chi connectivity index (χ2n) is 3.85. The van der Waals surface area contributed by atoms with Gasteiger partial charge < -0.3 is 11.1 Å². The molecule has 1 heterocycles.